The monoisotopic (exact) mass is 465 g/mol. The lowest BCUT2D eigenvalue weighted by Crippen LogP contribution is -2.48. The molecule has 2 fully saturated rings. The molecule has 2 aromatic carbocycles. The molecule has 0 radical (unpaired) electrons. The Labute approximate surface area is 200 Å². The number of carbonyl (C=O) groups is 2. The van der Waals surface area contributed by atoms with Crippen LogP contribution in [0.3, 0.4) is 0 Å². The number of halogens is 1. The van der Waals surface area contributed by atoms with Gasteiger partial charge in [-0.1, -0.05) is 31.0 Å². The van der Waals surface area contributed by atoms with Gasteiger partial charge < -0.3 is 15.0 Å². The molecule has 1 N–H and O–H groups in total. The van der Waals surface area contributed by atoms with Gasteiger partial charge in [0.1, 0.15) is 5.82 Å². The highest BCUT2D eigenvalue weighted by atomic mass is 19.1. The molecule has 2 atom stereocenters. The fourth-order valence-corrected chi connectivity index (χ4v) is 5.94. The number of nitrogens with zero attached hydrogens (tertiary/aromatic N) is 2. The third-order valence-corrected chi connectivity index (χ3v) is 7.43. The lowest BCUT2D eigenvalue weighted by molar-refractivity contribution is -0.0586. The first-order chi connectivity index (χ1) is 16.4. The highest BCUT2D eigenvalue weighted by Crippen LogP contribution is 2.51. The second-order valence-corrected chi connectivity index (χ2v) is 10.0. The summed E-state index contributed by atoms with van der Waals surface area (Å²) in [5.74, 6) is -0.214. The van der Waals surface area contributed by atoms with E-state index in [0.717, 1.165) is 31.2 Å². The molecule has 3 aliphatic rings. The van der Waals surface area contributed by atoms with Gasteiger partial charge in [0.15, 0.2) is 0 Å². The summed E-state index contributed by atoms with van der Waals surface area (Å²) < 4.78 is 20.5. The number of hydrogen-bond donors (Lipinski definition) is 1. The Balaban J connectivity index is 1.23. The molecule has 180 valence electrons. The molecule has 34 heavy (non-hydrogen) atoms. The molecule has 7 heteroatoms. The van der Waals surface area contributed by atoms with E-state index in [1.165, 1.54) is 6.07 Å². The lowest BCUT2D eigenvalue weighted by Gasteiger charge is -2.35. The number of fused-ring (bicyclic) bond motifs is 2. The second-order valence-electron chi connectivity index (χ2n) is 10.0. The van der Waals surface area contributed by atoms with Crippen molar-refractivity contribution in [1.82, 2.24) is 10.2 Å². The molecule has 2 aromatic rings. The van der Waals surface area contributed by atoms with Crippen LogP contribution in [0.2, 0.25) is 0 Å². The molecule has 2 aliphatic heterocycles. The first kappa shape index (κ1) is 22.8. The van der Waals surface area contributed by atoms with Crippen molar-refractivity contribution in [1.29, 1.82) is 0 Å². The van der Waals surface area contributed by atoms with Gasteiger partial charge in [-0.15, -0.1) is 0 Å². The predicted molar refractivity (Wildman–Crippen MR) is 128 cm³/mol. The Kier molecular flexibility index (Phi) is 6.06. The molecule has 1 spiro atoms. The van der Waals surface area contributed by atoms with E-state index in [1.807, 2.05) is 49.1 Å². The zero-order valence-electron chi connectivity index (χ0n) is 19.9. The minimum Gasteiger partial charge on any atom is -0.372 e. The maximum Gasteiger partial charge on any atom is 0.322 e. The maximum absolute atomic E-state index is 14.8. The molecule has 1 aliphatic carbocycles. The topological polar surface area (TPSA) is 61.9 Å². The number of urea groups is 1. The Hall–Kier alpha value is -2.93. The molecule has 0 bridgehead atoms. The smallest absolute Gasteiger partial charge is 0.322 e. The average Bonchev–Trinajstić information content (AvgIpc) is 3.42. The van der Waals surface area contributed by atoms with Crippen LogP contribution in [0, 0.1) is 5.82 Å². The lowest BCUT2D eigenvalue weighted by atomic mass is 9.80. The number of anilines is 1. The summed E-state index contributed by atoms with van der Waals surface area (Å²) in [6, 6.07) is 12.2. The Bertz CT molecular complexity index is 1070. The van der Waals surface area contributed by atoms with Crippen LogP contribution in [-0.4, -0.2) is 48.7 Å². The molecule has 5 rings (SSSR count). The molecule has 0 aromatic heterocycles. The molecular formula is C27H32FN3O3. The maximum atomic E-state index is 14.8. The van der Waals surface area contributed by atoms with Crippen molar-refractivity contribution in [3.63, 3.8) is 0 Å². The van der Waals surface area contributed by atoms with Crippen molar-refractivity contribution in [3.8, 4) is 0 Å². The number of amides is 3. The molecule has 3 amide bonds. The van der Waals surface area contributed by atoms with Crippen LogP contribution in [0.1, 0.15) is 61.0 Å². The third kappa shape index (κ3) is 4.17. The molecule has 2 heterocycles. The minimum atomic E-state index is -0.255. The zero-order valence-corrected chi connectivity index (χ0v) is 19.9. The fraction of sp³-hybridized carbons (Fsp3) is 0.481. The number of nitrogens with one attached hydrogen (secondary N) is 1. The number of morpholine rings is 1. The summed E-state index contributed by atoms with van der Waals surface area (Å²) in [5.41, 5.74) is 2.67. The molecule has 6 nitrogen and oxygen atoms in total. The van der Waals surface area contributed by atoms with Gasteiger partial charge in [-0.2, -0.15) is 0 Å². The van der Waals surface area contributed by atoms with Crippen LogP contribution in [0.25, 0.3) is 0 Å². The van der Waals surface area contributed by atoms with Gasteiger partial charge in [0.05, 0.1) is 17.9 Å². The van der Waals surface area contributed by atoms with E-state index in [2.05, 4.69) is 5.32 Å². The summed E-state index contributed by atoms with van der Waals surface area (Å²) in [6.07, 6.45) is 4.01. The van der Waals surface area contributed by atoms with Crippen LogP contribution < -0.4 is 10.2 Å². The van der Waals surface area contributed by atoms with Crippen molar-refractivity contribution in [2.75, 3.05) is 24.5 Å². The summed E-state index contributed by atoms with van der Waals surface area (Å²) in [6.45, 7) is 5.99. The summed E-state index contributed by atoms with van der Waals surface area (Å²) >= 11 is 0. The fourth-order valence-electron chi connectivity index (χ4n) is 5.94. The van der Waals surface area contributed by atoms with Crippen LogP contribution in [0.5, 0.6) is 0 Å². The minimum absolute atomic E-state index is 0.00449. The van der Waals surface area contributed by atoms with Crippen LogP contribution >= 0.6 is 0 Å². The van der Waals surface area contributed by atoms with Gasteiger partial charge in [0.2, 0.25) is 0 Å². The number of carbonyl (C=O) groups excluding carboxylic acids is 2. The Morgan fingerprint density at radius 3 is 2.41 bits per heavy atom. The molecule has 2 unspecified atom stereocenters. The summed E-state index contributed by atoms with van der Waals surface area (Å²) in [5, 5.41) is 2.98. The second kappa shape index (κ2) is 9.02. The average molecular weight is 466 g/mol. The van der Waals surface area contributed by atoms with Crippen LogP contribution in [0.15, 0.2) is 42.5 Å². The van der Waals surface area contributed by atoms with Gasteiger partial charge in [0, 0.05) is 42.7 Å². The van der Waals surface area contributed by atoms with Crippen molar-refractivity contribution >= 4 is 17.6 Å². The first-order valence-corrected chi connectivity index (χ1v) is 12.2. The van der Waals surface area contributed by atoms with E-state index in [4.69, 9.17) is 4.74 Å². The van der Waals surface area contributed by atoms with E-state index >= 15 is 0 Å². The molecule has 1 saturated carbocycles. The van der Waals surface area contributed by atoms with E-state index in [9.17, 15) is 14.0 Å². The van der Waals surface area contributed by atoms with E-state index in [-0.39, 0.29) is 35.4 Å². The number of benzene rings is 2. The summed E-state index contributed by atoms with van der Waals surface area (Å²) in [4.78, 5) is 29.5. The van der Waals surface area contributed by atoms with Crippen LogP contribution in [0.4, 0.5) is 14.9 Å². The predicted octanol–water partition coefficient (Wildman–Crippen LogP) is 4.62. The van der Waals surface area contributed by atoms with Gasteiger partial charge >= 0.3 is 6.03 Å². The highest BCUT2D eigenvalue weighted by Gasteiger charge is 2.48. The number of rotatable bonds is 3. The van der Waals surface area contributed by atoms with Crippen molar-refractivity contribution in [2.24, 2.45) is 0 Å². The van der Waals surface area contributed by atoms with Crippen LogP contribution in [-0.2, 0) is 16.7 Å². The first-order valence-electron chi connectivity index (χ1n) is 12.2. The SMILES string of the molecule is CC1CN(C(=O)c2ccc(CNC(=O)N3CC4(CCCC4)c4c(F)cccc43)cc2)CC(C)O1. The van der Waals surface area contributed by atoms with E-state index in [1.54, 1.807) is 11.0 Å². The standard InChI is InChI=1S/C27H32FN3O3/c1-18-15-30(16-19(2)34-18)25(32)21-10-8-20(9-11-21)14-29-26(33)31-17-27(12-3-4-13-27)24-22(28)6-5-7-23(24)31/h5-11,18-19H,3-4,12-17H2,1-2H3,(H,29,33). The largest absolute Gasteiger partial charge is 0.372 e. The summed E-state index contributed by atoms with van der Waals surface area (Å²) in [7, 11) is 0. The molecule has 1 saturated heterocycles. The Morgan fingerprint density at radius 2 is 1.74 bits per heavy atom. The zero-order chi connectivity index (χ0) is 23.9. The quantitative estimate of drug-likeness (QED) is 0.720. The third-order valence-electron chi connectivity index (χ3n) is 7.43. The number of ether oxygens (including phenoxy) is 1. The van der Waals surface area contributed by atoms with Gasteiger partial charge in [-0.3, -0.25) is 9.69 Å². The van der Waals surface area contributed by atoms with Gasteiger partial charge in [-0.25, -0.2) is 9.18 Å². The normalized spacial score (nSPS) is 23.3. The van der Waals surface area contributed by atoms with E-state index in [0.29, 0.717) is 43.0 Å². The van der Waals surface area contributed by atoms with Gasteiger partial charge in [0.25, 0.3) is 5.91 Å². The van der Waals surface area contributed by atoms with Crippen molar-refractivity contribution in [3.05, 3.63) is 65.0 Å². The molecular weight excluding hydrogens is 433 g/mol. The van der Waals surface area contributed by atoms with E-state index < -0.39 is 0 Å². The van der Waals surface area contributed by atoms with Gasteiger partial charge in [-0.05, 0) is 56.5 Å². The highest BCUT2D eigenvalue weighted by molar-refractivity contribution is 5.95. The van der Waals surface area contributed by atoms with Crippen molar-refractivity contribution in [2.45, 2.75) is 63.7 Å². The Morgan fingerprint density at radius 1 is 1.06 bits per heavy atom. The number of hydrogen-bond acceptors (Lipinski definition) is 3. The van der Waals surface area contributed by atoms with Crippen molar-refractivity contribution < 1.29 is 18.7 Å².